The van der Waals surface area contributed by atoms with E-state index in [4.69, 9.17) is 28.3 Å². The molecule has 19 heavy (non-hydrogen) atoms. The first-order valence-corrected chi connectivity index (χ1v) is 6.70. The van der Waals surface area contributed by atoms with E-state index in [1.54, 1.807) is 11.4 Å². The lowest BCUT2D eigenvalue weighted by molar-refractivity contribution is 0.0696. The summed E-state index contributed by atoms with van der Waals surface area (Å²) in [5.41, 5.74) is 0.271. The monoisotopic (exact) mass is 315 g/mol. The van der Waals surface area contributed by atoms with Gasteiger partial charge in [0.15, 0.2) is 0 Å². The highest BCUT2D eigenvalue weighted by Crippen LogP contribution is 2.27. The molecule has 0 bridgehead atoms. The summed E-state index contributed by atoms with van der Waals surface area (Å²) in [7, 11) is 0. The molecule has 4 nitrogen and oxygen atoms in total. The molecule has 1 aromatic heterocycles. The molecule has 0 fully saturated rings. The van der Waals surface area contributed by atoms with Gasteiger partial charge < -0.3 is 10.4 Å². The first kappa shape index (κ1) is 13.9. The van der Waals surface area contributed by atoms with Gasteiger partial charge in [0.1, 0.15) is 4.88 Å². The number of halogens is 2. The molecule has 2 N–H and O–H groups in total. The van der Waals surface area contributed by atoms with E-state index in [9.17, 15) is 9.59 Å². The first-order chi connectivity index (χ1) is 8.99. The zero-order valence-corrected chi connectivity index (χ0v) is 11.6. The number of anilines is 1. The molecule has 0 saturated carbocycles. The standard InChI is InChI=1S/C12H7Cl2NO3S/c13-7-2-1-6(12(17)18)5-9(7)15-11(16)10-8(14)3-4-19-10/h1-5H,(H,15,16)(H,17,18). The Morgan fingerprint density at radius 1 is 1.16 bits per heavy atom. The summed E-state index contributed by atoms with van der Waals surface area (Å²) < 4.78 is 0. The zero-order chi connectivity index (χ0) is 14.0. The van der Waals surface area contributed by atoms with Crippen molar-refractivity contribution in [1.82, 2.24) is 0 Å². The minimum absolute atomic E-state index is 0.0389. The maximum atomic E-state index is 11.9. The molecule has 7 heteroatoms. The van der Waals surface area contributed by atoms with Crippen LogP contribution in [0.3, 0.4) is 0 Å². The number of rotatable bonds is 3. The predicted octanol–water partition coefficient (Wildman–Crippen LogP) is 4.01. The lowest BCUT2D eigenvalue weighted by atomic mass is 10.2. The molecule has 0 unspecified atom stereocenters. The van der Waals surface area contributed by atoms with Crippen molar-refractivity contribution in [1.29, 1.82) is 0 Å². The molecule has 1 heterocycles. The third-order valence-corrected chi connectivity index (χ3v) is 3.95. The van der Waals surface area contributed by atoms with E-state index in [0.717, 1.165) is 0 Å². The van der Waals surface area contributed by atoms with E-state index in [2.05, 4.69) is 5.32 Å². The average Bonchev–Trinajstić information content (AvgIpc) is 2.78. The molecule has 0 aliphatic rings. The zero-order valence-electron chi connectivity index (χ0n) is 9.31. The Morgan fingerprint density at radius 2 is 1.89 bits per heavy atom. The first-order valence-electron chi connectivity index (χ1n) is 5.06. The third-order valence-electron chi connectivity index (χ3n) is 2.28. The van der Waals surface area contributed by atoms with Gasteiger partial charge in [-0.1, -0.05) is 23.2 Å². The topological polar surface area (TPSA) is 66.4 Å². The van der Waals surface area contributed by atoms with Crippen molar-refractivity contribution < 1.29 is 14.7 Å². The van der Waals surface area contributed by atoms with Gasteiger partial charge in [-0.05, 0) is 29.6 Å². The maximum absolute atomic E-state index is 11.9. The molecular weight excluding hydrogens is 309 g/mol. The van der Waals surface area contributed by atoms with Crippen molar-refractivity contribution in [3.05, 3.63) is 50.1 Å². The van der Waals surface area contributed by atoms with Crippen molar-refractivity contribution >= 4 is 52.1 Å². The predicted molar refractivity (Wildman–Crippen MR) is 75.7 cm³/mol. The smallest absolute Gasteiger partial charge is 0.335 e. The minimum Gasteiger partial charge on any atom is -0.478 e. The molecule has 2 aromatic rings. The van der Waals surface area contributed by atoms with Gasteiger partial charge in [0, 0.05) is 0 Å². The number of carboxylic acid groups (broad SMARTS) is 1. The Hall–Kier alpha value is -1.56. The Kier molecular flexibility index (Phi) is 4.09. The lowest BCUT2D eigenvalue weighted by Crippen LogP contribution is -2.11. The van der Waals surface area contributed by atoms with Gasteiger partial charge in [-0.15, -0.1) is 11.3 Å². The summed E-state index contributed by atoms with van der Waals surface area (Å²) in [5, 5.41) is 13.7. The molecule has 2 rings (SSSR count). The average molecular weight is 316 g/mol. The van der Waals surface area contributed by atoms with Gasteiger partial charge in [-0.2, -0.15) is 0 Å². The summed E-state index contributed by atoms with van der Waals surface area (Å²) >= 11 is 12.9. The molecule has 0 spiro atoms. The van der Waals surface area contributed by atoms with Crippen LogP contribution in [0.2, 0.25) is 10.0 Å². The molecule has 98 valence electrons. The van der Waals surface area contributed by atoms with Crippen LogP contribution < -0.4 is 5.32 Å². The second-order valence-corrected chi connectivity index (χ2v) is 5.28. The number of thiophene rings is 1. The Labute approximate surface area is 122 Å². The summed E-state index contributed by atoms with van der Waals surface area (Å²) in [4.78, 5) is 23.1. The molecule has 0 aliphatic carbocycles. The number of carbonyl (C=O) groups is 2. The van der Waals surface area contributed by atoms with Crippen LogP contribution in [-0.4, -0.2) is 17.0 Å². The van der Waals surface area contributed by atoms with Crippen molar-refractivity contribution in [2.75, 3.05) is 5.32 Å². The van der Waals surface area contributed by atoms with Crippen molar-refractivity contribution in [3.8, 4) is 0 Å². The second-order valence-electron chi connectivity index (χ2n) is 3.55. The quantitative estimate of drug-likeness (QED) is 0.899. The van der Waals surface area contributed by atoms with Crippen molar-refractivity contribution in [2.45, 2.75) is 0 Å². The van der Waals surface area contributed by atoms with Crippen molar-refractivity contribution in [3.63, 3.8) is 0 Å². The summed E-state index contributed by atoms with van der Waals surface area (Å²) in [6.45, 7) is 0. The molecule has 1 amide bonds. The van der Waals surface area contributed by atoms with Crippen LogP contribution in [-0.2, 0) is 0 Å². The molecule has 0 aliphatic heterocycles. The van der Waals surface area contributed by atoms with Crippen LogP contribution in [0.25, 0.3) is 0 Å². The SMILES string of the molecule is O=C(O)c1ccc(Cl)c(NC(=O)c2sccc2Cl)c1. The number of carbonyl (C=O) groups excluding carboxylic acids is 1. The van der Waals surface area contributed by atoms with Gasteiger partial charge in [0.05, 0.1) is 21.3 Å². The fourth-order valence-electron chi connectivity index (χ4n) is 1.39. The highest BCUT2D eigenvalue weighted by atomic mass is 35.5. The maximum Gasteiger partial charge on any atom is 0.335 e. The van der Waals surface area contributed by atoms with Crippen molar-refractivity contribution in [2.24, 2.45) is 0 Å². The molecule has 0 saturated heterocycles. The van der Waals surface area contributed by atoms with Gasteiger partial charge in [-0.25, -0.2) is 4.79 Å². The Morgan fingerprint density at radius 3 is 2.47 bits per heavy atom. The lowest BCUT2D eigenvalue weighted by Gasteiger charge is -2.07. The minimum atomic E-state index is -1.10. The highest BCUT2D eigenvalue weighted by Gasteiger charge is 2.14. The van der Waals surface area contributed by atoms with Gasteiger partial charge >= 0.3 is 5.97 Å². The van der Waals surface area contributed by atoms with Gasteiger partial charge in [0.2, 0.25) is 0 Å². The van der Waals surface area contributed by atoms with E-state index < -0.39 is 11.9 Å². The molecular formula is C12H7Cl2NO3S. The number of carboxylic acids is 1. The van der Waals surface area contributed by atoms with E-state index in [-0.39, 0.29) is 16.3 Å². The number of nitrogens with one attached hydrogen (secondary N) is 1. The third kappa shape index (κ3) is 3.07. The van der Waals surface area contributed by atoms with E-state index in [0.29, 0.717) is 9.90 Å². The van der Waals surface area contributed by atoms with E-state index in [1.165, 1.54) is 29.5 Å². The second kappa shape index (κ2) is 5.61. The normalized spacial score (nSPS) is 10.2. The van der Waals surface area contributed by atoms with Crippen LogP contribution in [0.4, 0.5) is 5.69 Å². The number of amides is 1. The fourth-order valence-corrected chi connectivity index (χ4v) is 2.59. The number of aromatic carboxylic acids is 1. The Bertz CT molecular complexity index is 654. The van der Waals surface area contributed by atoms with Crippen LogP contribution in [0.5, 0.6) is 0 Å². The van der Waals surface area contributed by atoms with E-state index in [1.807, 2.05) is 0 Å². The number of benzene rings is 1. The van der Waals surface area contributed by atoms with Gasteiger partial charge in [0.25, 0.3) is 5.91 Å². The highest BCUT2D eigenvalue weighted by molar-refractivity contribution is 7.12. The molecule has 1 aromatic carbocycles. The summed E-state index contributed by atoms with van der Waals surface area (Å²) in [6.07, 6.45) is 0. The van der Waals surface area contributed by atoms with Crippen LogP contribution >= 0.6 is 34.5 Å². The molecule has 0 radical (unpaired) electrons. The van der Waals surface area contributed by atoms with Gasteiger partial charge in [-0.3, -0.25) is 4.79 Å². The largest absolute Gasteiger partial charge is 0.478 e. The molecule has 0 atom stereocenters. The number of hydrogen-bond donors (Lipinski definition) is 2. The van der Waals surface area contributed by atoms with Crippen LogP contribution in [0.1, 0.15) is 20.0 Å². The fraction of sp³-hybridized carbons (Fsp3) is 0. The Balaban J connectivity index is 2.28. The van der Waals surface area contributed by atoms with Crippen LogP contribution in [0.15, 0.2) is 29.6 Å². The summed E-state index contributed by atoms with van der Waals surface area (Å²) in [6, 6.07) is 5.68. The van der Waals surface area contributed by atoms with Crippen LogP contribution in [0, 0.1) is 0 Å². The number of hydrogen-bond acceptors (Lipinski definition) is 3. The summed E-state index contributed by atoms with van der Waals surface area (Å²) in [5.74, 6) is -1.52. The van der Waals surface area contributed by atoms with E-state index >= 15 is 0 Å².